The number of benzene rings is 1. The van der Waals surface area contributed by atoms with E-state index in [0.717, 1.165) is 28.6 Å². The predicted octanol–water partition coefficient (Wildman–Crippen LogP) is 5.68. The molecule has 1 aliphatic heterocycles. The standard InChI is InChI=1S/C27H27N5S/c1-17-8-10-21(11-9-17)32-26(25(30-27(32)33)23-7-5-6-13-28-23)22-16-19(3)31(20(22)4)24-15-18(2)12-14-29-24/h5-16,25-26H,1-4H3,(H,30,33)/t25-,26-/m0/s1. The molecule has 4 aromatic rings. The summed E-state index contributed by atoms with van der Waals surface area (Å²) in [6, 6.07) is 20.9. The van der Waals surface area contributed by atoms with Crippen LogP contribution >= 0.6 is 12.2 Å². The van der Waals surface area contributed by atoms with Crippen molar-refractivity contribution in [2.45, 2.75) is 39.8 Å². The minimum atomic E-state index is -0.0700. The summed E-state index contributed by atoms with van der Waals surface area (Å²) in [4.78, 5) is 11.5. The molecule has 6 heteroatoms. The Morgan fingerprint density at radius 3 is 2.33 bits per heavy atom. The molecule has 0 spiro atoms. The third kappa shape index (κ3) is 3.80. The number of aryl methyl sites for hydroxylation is 3. The van der Waals surface area contributed by atoms with Crippen molar-refractivity contribution in [1.82, 2.24) is 19.9 Å². The topological polar surface area (TPSA) is 46.0 Å². The van der Waals surface area contributed by atoms with Crippen LogP contribution in [-0.4, -0.2) is 19.6 Å². The highest BCUT2D eigenvalue weighted by atomic mass is 32.1. The van der Waals surface area contributed by atoms with E-state index in [1.165, 1.54) is 16.7 Å². The summed E-state index contributed by atoms with van der Waals surface area (Å²) in [6.45, 7) is 8.49. The second kappa shape index (κ2) is 8.45. The molecule has 33 heavy (non-hydrogen) atoms. The lowest BCUT2D eigenvalue weighted by Gasteiger charge is -2.28. The lowest BCUT2D eigenvalue weighted by molar-refractivity contribution is 0.565. The Kier molecular flexibility index (Phi) is 5.46. The van der Waals surface area contributed by atoms with Gasteiger partial charge in [0.25, 0.3) is 0 Å². The SMILES string of the molecule is Cc1ccc(N2C(=S)N[C@@H](c3ccccn3)[C@@H]2c2cc(C)n(-c3cc(C)ccn3)c2C)cc1. The van der Waals surface area contributed by atoms with Crippen molar-refractivity contribution < 1.29 is 0 Å². The third-order valence-electron chi connectivity index (χ3n) is 6.33. The molecular weight excluding hydrogens is 426 g/mol. The summed E-state index contributed by atoms with van der Waals surface area (Å²) in [5.74, 6) is 0.932. The lowest BCUT2D eigenvalue weighted by Crippen LogP contribution is -2.29. The van der Waals surface area contributed by atoms with Crippen molar-refractivity contribution in [2.75, 3.05) is 4.90 Å². The molecule has 2 atom stereocenters. The largest absolute Gasteiger partial charge is 0.351 e. The van der Waals surface area contributed by atoms with Crippen LogP contribution < -0.4 is 10.2 Å². The van der Waals surface area contributed by atoms with E-state index in [1.54, 1.807) is 0 Å². The molecule has 4 heterocycles. The van der Waals surface area contributed by atoms with E-state index in [4.69, 9.17) is 12.2 Å². The van der Waals surface area contributed by atoms with Gasteiger partial charge in [-0.3, -0.25) is 4.98 Å². The van der Waals surface area contributed by atoms with Gasteiger partial charge in [0.05, 0.1) is 17.8 Å². The van der Waals surface area contributed by atoms with Crippen LogP contribution in [0.5, 0.6) is 0 Å². The second-order valence-electron chi connectivity index (χ2n) is 8.69. The quantitative estimate of drug-likeness (QED) is 0.403. The van der Waals surface area contributed by atoms with Gasteiger partial charge in [0.2, 0.25) is 0 Å². The summed E-state index contributed by atoms with van der Waals surface area (Å²) < 4.78 is 2.23. The van der Waals surface area contributed by atoms with Crippen LogP contribution in [0.25, 0.3) is 5.82 Å². The van der Waals surface area contributed by atoms with E-state index < -0.39 is 0 Å². The van der Waals surface area contributed by atoms with Crippen molar-refractivity contribution in [3.8, 4) is 5.82 Å². The normalized spacial score (nSPS) is 17.9. The maximum atomic E-state index is 5.87. The summed E-state index contributed by atoms with van der Waals surface area (Å²) in [6.07, 6.45) is 3.70. The van der Waals surface area contributed by atoms with Gasteiger partial charge in [-0.2, -0.15) is 0 Å². The van der Waals surface area contributed by atoms with Gasteiger partial charge < -0.3 is 14.8 Å². The van der Waals surface area contributed by atoms with Crippen molar-refractivity contribution in [2.24, 2.45) is 0 Å². The van der Waals surface area contributed by atoms with Gasteiger partial charge in [0, 0.05) is 29.5 Å². The Morgan fingerprint density at radius 1 is 0.848 bits per heavy atom. The molecular formula is C27H27N5S. The van der Waals surface area contributed by atoms with Crippen LogP contribution in [0, 0.1) is 27.7 Å². The fourth-order valence-electron chi connectivity index (χ4n) is 4.74. The maximum absolute atomic E-state index is 5.87. The number of anilines is 1. The Balaban J connectivity index is 1.68. The van der Waals surface area contributed by atoms with Gasteiger partial charge in [-0.05, 0) is 93.5 Å². The van der Waals surface area contributed by atoms with Crippen LogP contribution in [0.15, 0.2) is 73.1 Å². The zero-order valence-electron chi connectivity index (χ0n) is 19.3. The number of nitrogens with one attached hydrogen (secondary N) is 1. The Bertz CT molecular complexity index is 1310. The summed E-state index contributed by atoms with van der Waals surface area (Å²) in [5, 5.41) is 4.26. The zero-order valence-corrected chi connectivity index (χ0v) is 20.1. The number of rotatable bonds is 4. The fourth-order valence-corrected chi connectivity index (χ4v) is 5.08. The summed E-state index contributed by atoms with van der Waals surface area (Å²) >= 11 is 5.87. The molecule has 0 aliphatic carbocycles. The highest BCUT2D eigenvalue weighted by Crippen LogP contribution is 2.43. The Hall–Kier alpha value is -3.51. The van der Waals surface area contributed by atoms with Crippen LogP contribution in [0.1, 0.15) is 45.9 Å². The van der Waals surface area contributed by atoms with Crippen LogP contribution in [0.3, 0.4) is 0 Å². The molecule has 0 saturated carbocycles. The molecule has 1 N–H and O–H groups in total. The monoisotopic (exact) mass is 453 g/mol. The van der Waals surface area contributed by atoms with Gasteiger partial charge in [0.15, 0.2) is 5.11 Å². The summed E-state index contributed by atoms with van der Waals surface area (Å²) in [7, 11) is 0. The molecule has 5 nitrogen and oxygen atoms in total. The van der Waals surface area contributed by atoms with Crippen molar-refractivity contribution in [3.05, 3.63) is 107 Å². The molecule has 0 unspecified atom stereocenters. The van der Waals surface area contributed by atoms with Gasteiger partial charge in [-0.25, -0.2) is 4.98 Å². The van der Waals surface area contributed by atoms with Crippen molar-refractivity contribution in [3.63, 3.8) is 0 Å². The van der Waals surface area contributed by atoms with E-state index in [-0.39, 0.29) is 12.1 Å². The first-order valence-electron chi connectivity index (χ1n) is 11.1. The van der Waals surface area contributed by atoms with Crippen molar-refractivity contribution >= 4 is 23.0 Å². The third-order valence-corrected chi connectivity index (χ3v) is 6.64. The first kappa shape index (κ1) is 21.3. The number of pyridine rings is 2. The van der Waals surface area contributed by atoms with E-state index in [9.17, 15) is 0 Å². The second-order valence-corrected chi connectivity index (χ2v) is 9.07. The number of aromatic nitrogens is 3. The molecule has 3 aromatic heterocycles. The first-order chi connectivity index (χ1) is 15.9. The Labute approximate surface area is 200 Å². The fraction of sp³-hybridized carbons (Fsp3) is 0.222. The highest BCUT2D eigenvalue weighted by Gasteiger charge is 2.42. The minimum absolute atomic E-state index is 0.0418. The van der Waals surface area contributed by atoms with Gasteiger partial charge in [-0.1, -0.05) is 23.8 Å². The van der Waals surface area contributed by atoms with Crippen molar-refractivity contribution in [1.29, 1.82) is 0 Å². The van der Waals surface area contributed by atoms with Gasteiger partial charge in [0.1, 0.15) is 5.82 Å². The number of thiocarbonyl (C=S) groups is 1. The van der Waals surface area contributed by atoms with Gasteiger partial charge >= 0.3 is 0 Å². The molecule has 0 bridgehead atoms. The highest BCUT2D eigenvalue weighted by molar-refractivity contribution is 7.80. The molecule has 0 amide bonds. The zero-order chi connectivity index (χ0) is 23.1. The van der Waals surface area contributed by atoms with Gasteiger partial charge in [-0.15, -0.1) is 0 Å². The van der Waals surface area contributed by atoms with E-state index >= 15 is 0 Å². The molecule has 1 aliphatic rings. The average Bonchev–Trinajstić information content (AvgIpc) is 3.30. The van der Waals surface area contributed by atoms with Crippen LogP contribution in [0.4, 0.5) is 5.69 Å². The first-order valence-corrected chi connectivity index (χ1v) is 11.5. The van der Waals surface area contributed by atoms with Crippen LogP contribution in [0.2, 0.25) is 0 Å². The molecule has 1 aromatic carbocycles. The Morgan fingerprint density at radius 2 is 1.64 bits per heavy atom. The van der Waals surface area contributed by atoms with Crippen LogP contribution in [-0.2, 0) is 0 Å². The summed E-state index contributed by atoms with van der Waals surface area (Å²) in [5.41, 5.74) is 7.95. The molecule has 166 valence electrons. The molecule has 0 radical (unpaired) electrons. The lowest BCUT2D eigenvalue weighted by atomic mass is 9.96. The molecule has 1 saturated heterocycles. The minimum Gasteiger partial charge on any atom is -0.351 e. The smallest absolute Gasteiger partial charge is 0.174 e. The average molecular weight is 454 g/mol. The van der Waals surface area contributed by atoms with E-state index in [0.29, 0.717) is 5.11 Å². The molecule has 5 rings (SSSR count). The maximum Gasteiger partial charge on any atom is 0.174 e. The number of nitrogens with zero attached hydrogens (tertiary/aromatic N) is 4. The predicted molar refractivity (Wildman–Crippen MR) is 137 cm³/mol. The van der Waals surface area contributed by atoms with E-state index in [2.05, 4.69) is 94.9 Å². The molecule has 1 fully saturated rings. The van der Waals surface area contributed by atoms with E-state index in [1.807, 2.05) is 30.6 Å². The number of hydrogen-bond donors (Lipinski definition) is 1. The number of hydrogen-bond acceptors (Lipinski definition) is 3.